The van der Waals surface area contributed by atoms with E-state index >= 15 is 0 Å². The molecule has 0 saturated heterocycles. The van der Waals surface area contributed by atoms with E-state index in [1.807, 2.05) is 6.92 Å². The van der Waals surface area contributed by atoms with Crippen molar-refractivity contribution < 1.29 is 22.7 Å². The van der Waals surface area contributed by atoms with Gasteiger partial charge < -0.3 is 4.74 Å². The molecule has 0 fully saturated rings. The fraction of sp³-hybridized carbons (Fsp3) is 0.222. The Morgan fingerprint density at radius 3 is 2.30 bits per heavy atom. The van der Waals surface area contributed by atoms with E-state index in [0.29, 0.717) is 5.75 Å². The Labute approximate surface area is 158 Å². The van der Waals surface area contributed by atoms with Crippen LogP contribution in [0.1, 0.15) is 26.3 Å². The standard InChI is InChI=1S/C18H21N3O5S/c1-12-8-9-16(26-4)15(10-12)18(23)20-19-17(22)13-6-5-7-14(11-13)27(24,25)21(2)3/h5-11H,1-4H3,(H,19,22)(H,20,23). The van der Waals surface area contributed by atoms with E-state index in [9.17, 15) is 18.0 Å². The summed E-state index contributed by atoms with van der Waals surface area (Å²) in [6.45, 7) is 1.82. The highest BCUT2D eigenvalue weighted by Crippen LogP contribution is 2.19. The molecule has 0 saturated carbocycles. The lowest BCUT2D eigenvalue weighted by molar-refractivity contribution is 0.0844. The Morgan fingerprint density at radius 2 is 1.67 bits per heavy atom. The highest BCUT2D eigenvalue weighted by molar-refractivity contribution is 7.89. The van der Waals surface area contributed by atoms with Gasteiger partial charge in [-0.3, -0.25) is 20.4 Å². The van der Waals surface area contributed by atoms with Crippen molar-refractivity contribution in [1.29, 1.82) is 0 Å². The van der Waals surface area contributed by atoms with Gasteiger partial charge in [0, 0.05) is 19.7 Å². The number of hydrogen-bond donors (Lipinski definition) is 2. The quantitative estimate of drug-likeness (QED) is 0.748. The monoisotopic (exact) mass is 391 g/mol. The van der Waals surface area contributed by atoms with Crippen molar-refractivity contribution in [2.45, 2.75) is 11.8 Å². The van der Waals surface area contributed by atoms with Gasteiger partial charge in [-0.25, -0.2) is 12.7 Å². The van der Waals surface area contributed by atoms with Gasteiger partial charge in [-0.1, -0.05) is 17.7 Å². The maximum atomic E-state index is 12.3. The fourth-order valence-corrected chi connectivity index (χ4v) is 3.21. The number of methoxy groups -OCH3 is 1. The average Bonchev–Trinajstić information content (AvgIpc) is 2.65. The van der Waals surface area contributed by atoms with E-state index in [2.05, 4.69) is 10.9 Å². The summed E-state index contributed by atoms with van der Waals surface area (Å²) in [5, 5.41) is 0. The first-order valence-electron chi connectivity index (χ1n) is 7.94. The van der Waals surface area contributed by atoms with E-state index in [4.69, 9.17) is 4.74 Å². The lowest BCUT2D eigenvalue weighted by Crippen LogP contribution is -2.41. The van der Waals surface area contributed by atoms with Crippen LogP contribution in [0, 0.1) is 6.92 Å². The first-order chi connectivity index (χ1) is 12.7. The number of nitrogens with one attached hydrogen (secondary N) is 2. The molecule has 2 aromatic rings. The Morgan fingerprint density at radius 1 is 1.00 bits per heavy atom. The van der Waals surface area contributed by atoms with Crippen molar-refractivity contribution >= 4 is 21.8 Å². The third-order valence-electron chi connectivity index (χ3n) is 3.76. The highest BCUT2D eigenvalue weighted by Gasteiger charge is 2.19. The molecule has 0 atom stereocenters. The smallest absolute Gasteiger partial charge is 0.273 e. The molecule has 2 aromatic carbocycles. The van der Waals surface area contributed by atoms with Gasteiger partial charge in [-0.05, 0) is 37.3 Å². The van der Waals surface area contributed by atoms with Crippen molar-refractivity contribution in [3.8, 4) is 5.75 Å². The number of carbonyl (C=O) groups is 2. The first-order valence-corrected chi connectivity index (χ1v) is 9.38. The minimum Gasteiger partial charge on any atom is -0.496 e. The van der Waals surface area contributed by atoms with Crippen LogP contribution in [0.5, 0.6) is 5.75 Å². The number of benzene rings is 2. The molecule has 0 radical (unpaired) electrons. The van der Waals surface area contributed by atoms with E-state index in [1.165, 1.54) is 45.5 Å². The van der Waals surface area contributed by atoms with Crippen LogP contribution in [0.3, 0.4) is 0 Å². The third-order valence-corrected chi connectivity index (χ3v) is 5.58. The number of hydrazine groups is 1. The molecule has 2 rings (SSSR count). The number of nitrogens with zero attached hydrogens (tertiary/aromatic N) is 1. The molecule has 2 N–H and O–H groups in total. The summed E-state index contributed by atoms with van der Waals surface area (Å²) in [4.78, 5) is 24.6. The second-order valence-electron chi connectivity index (χ2n) is 5.93. The molecule has 0 bridgehead atoms. The topological polar surface area (TPSA) is 105 Å². The number of amides is 2. The Kier molecular flexibility index (Phi) is 6.19. The molecule has 0 aliphatic rings. The minimum absolute atomic E-state index is 0.0215. The van der Waals surface area contributed by atoms with Gasteiger partial charge >= 0.3 is 0 Å². The van der Waals surface area contributed by atoms with Gasteiger partial charge in [0.25, 0.3) is 11.8 Å². The van der Waals surface area contributed by atoms with Crippen molar-refractivity contribution in [2.75, 3.05) is 21.2 Å². The van der Waals surface area contributed by atoms with Gasteiger partial charge in [0.05, 0.1) is 17.6 Å². The molecule has 0 aromatic heterocycles. The zero-order valence-electron chi connectivity index (χ0n) is 15.4. The van der Waals surface area contributed by atoms with Crippen molar-refractivity contribution in [2.24, 2.45) is 0 Å². The second-order valence-corrected chi connectivity index (χ2v) is 8.08. The summed E-state index contributed by atoms with van der Waals surface area (Å²) in [5.41, 5.74) is 5.79. The molecule has 144 valence electrons. The van der Waals surface area contributed by atoms with Crippen LogP contribution in [-0.2, 0) is 10.0 Å². The van der Waals surface area contributed by atoms with Crippen LogP contribution in [0.4, 0.5) is 0 Å². The van der Waals surface area contributed by atoms with Crippen LogP contribution < -0.4 is 15.6 Å². The van der Waals surface area contributed by atoms with Crippen LogP contribution in [-0.4, -0.2) is 45.7 Å². The molecule has 0 unspecified atom stereocenters. The molecule has 2 amide bonds. The van der Waals surface area contributed by atoms with Crippen LogP contribution in [0.2, 0.25) is 0 Å². The van der Waals surface area contributed by atoms with E-state index in [1.54, 1.807) is 18.2 Å². The predicted molar refractivity (Wildman–Crippen MR) is 100.0 cm³/mol. The van der Waals surface area contributed by atoms with Crippen LogP contribution in [0.25, 0.3) is 0 Å². The van der Waals surface area contributed by atoms with E-state index < -0.39 is 21.8 Å². The molecule has 0 aliphatic heterocycles. The largest absolute Gasteiger partial charge is 0.496 e. The molecular formula is C18H21N3O5S. The number of rotatable bonds is 5. The van der Waals surface area contributed by atoms with Crippen LogP contribution >= 0.6 is 0 Å². The Hall–Kier alpha value is -2.91. The number of sulfonamides is 1. The minimum atomic E-state index is -3.67. The number of aryl methyl sites for hydroxylation is 1. The second kappa shape index (κ2) is 8.19. The van der Waals surface area contributed by atoms with Crippen molar-refractivity contribution in [3.63, 3.8) is 0 Å². The number of ether oxygens (including phenoxy) is 1. The van der Waals surface area contributed by atoms with Crippen molar-refractivity contribution in [1.82, 2.24) is 15.2 Å². The van der Waals surface area contributed by atoms with E-state index in [0.717, 1.165) is 9.87 Å². The zero-order chi connectivity index (χ0) is 20.2. The third kappa shape index (κ3) is 4.63. The summed E-state index contributed by atoms with van der Waals surface area (Å²) in [6, 6.07) is 10.6. The summed E-state index contributed by atoms with van der Waals surface area (Å²) < 4.78 is 30.5. The summed E-state index contributed by atoms with van der Waals surface area (Å²) >= 11 is 0. The van der Waals surface area contributed by atoms with Gasteiger partial charge in [0.2, 0.25) is 10.0 Å². The van der Waals surface area contributed by atoms with Crippen molar-refractivity contribution in [3.05, 3.63) is 59.2 Å². The summed E-state index contributed by atoms with van der Waals surface area (Å²) in [6.07, 6.45) is 0. The van der Waals surface area contributed by atoms with E-state index in [-0.39, 0.29) is 16.0 Å². The van der Waals surface area contributed by atoms with Gasteiger partial charge in [-0.2, -0.15) is 0 Å². The molecular weight excluding hydrogens is 370 g/mol. The maximum absolute atomic E-state index is 12.3. The number of hydrogen-bond acceptors (Lipinski definition) is 5. The summed E-state index contributed by atoms with van der Waals surface area (Å²) in [7, 11) is 0.570. The Bertz CT molecular complexity index is 971. The Balaban J connectivity index is 2.15. The lowest BCUT2D eigenvalue weighted by Gasteiger charge is -2.13. The zero-order valence-corrected chi connectivity index (χ0v) is 16.3. The van der Waals surface area contributed by atoms with Gasteiger partial charge in [-0.15, -0.1) is 0 Å². The van der Waals surface area contributed by atoms with Gasteiger partial charge in [0.15, 0.2) is 0 Å². The summed E-state index contributed by atoms with van der Waals surface area (Å²) in [5.74, 6) is -0.835. The molecule has 27 heavy (non-hydrogen) atoms. The fourth-order valence-electron chi connectivity index (χ4n) is 2.26. The molecule has 0 heterocycles. The normalized spacial score (nSPS) is 11.1. The first kappa shape index (κ1) is 20.4. The molecule has 9 heteroatoms. The highest BCUT2D eigenvalue weighted by atomic mass is 32.2. The van der Waals surface area contributed by atoms with Gasteiger partial charge in [0.1, 0.15) is 5.75 Å². The van der Waals surface area contributed by atoms with Crippen LogP contribution in [0.15, 0.2) is 47.4 Å². The maximum Gasteiger partial charge on any atom is 0.273 e. The molecule has 8 nitrogen and oxygen atoms in total. The lowest BCUT2D eigenvalue weighted by atomic mass is 10.1. The average molecular weight is 391 g/mol. The SMILES string of the molecule is COc1ccc(C)cc1C(=O)NNC(=O)c1cccc(S(=O)(=O)N(C)C)c1. The number of carbonyl (C=O) groups excluding carboxylic acids is 2. The molecule has 0 spiro atoms. The molecule has 0 aliphatic carbocycles. The predicted octanol–water partition coefficient (Wildman–Crippen LogP) is 1.33.